The number of nitrogens with two attached hydrogens (primary N) is 1. The Balaban J connectivity index is 1.99. The van der Waals surface area contributed by atoms with Crippen LogP contribution in [0.1, 0.15) is 31.2 Å². The summed E-state index contributed by atoms with van der Waals surface area (Å²) in [6, 6.07) is 7.85. The Morgan fingerprint density at radius 3 is 2.82 bits per heavy atom. The molecule has 0 bridgehead atoms. The molecule has 17 heavy (non-hydrogen) atoms. The van der Waals surface area contributed by atoms with Gasteiger partial charge in [-0.2, -0.15) is 0 Å². The Morgan fingerprint density at radius 1 is 1.35 bits per heavy atom. The second-order valence-electron chi connectivity index (χ2n) is 4.67. The van der Waals surface area contributed by atoms with Gasteiger partial charge < -0.3 is 5.73 Å². The van der Waals surface area contributed by atoms with Gasteiger partial charge in [-0.3, -0.25) is 4.21 Å². The minimum atomic E-state index is -0.853. The zero-order valence-corrected chi connectivity index (χ0v) is 11.3. The molecule has 1 fully saturated rings. The smallest absolute Gasteiger partial charge is 0.0503 e. The molecule has 2 N–H and O–H groups in total. The average Bonchev–Trinajstić information content (AvgIpc) is 2.32. The molecular formula is C13H18ClNOS. The van der Waals surface area contributed by atoms with Gasteiger partial charge in [-0.1, -0.05) is 36.2 Å². The molecule has 3 atom stereocenters. The van der Waals surface area contributed by atoms with Crippen molar-refractivity contribution >= 4 is 22.4 Å². The van der Waals surface area contributed by atoms with Crippen LogP contribution in [0, 0.1) is 0 Å². The van der Waals surface area contributed by atoms with Crippen molar-refractivity contribution in [1.82, 2.24) is 0 Å². The summed E-state index contributed by atoms with van der Waals surface area (Å²) in [6.45, 7) is 0. The van der Waals surface area contributed by atoms with Gasteiger partial charge in [-0.05, 0) is 30.9 Å². The molecule has 0 radical (unpaired) electrons. The Bertz CT molecular complexity index is 410. The molecule has 1 aliphatic carbocycles. The van der Waals surface area contributed by atoms with Crippen molar-refractivity contribution < 1.29 is 4.21 Å². The molecule has 1 saturated carbocycles. The van der Waals surface area contributed by atoms with Gasteiger partial charge in [-0.25, -0.2) is 0 Å². The van der Waals surface area contributed by atoms with Crippen molar-refractivity contribution in [2.75, 3.05) is 0 Å². The Hall–Kier alpha value is -0.380. The largest absolute Gasteiger partial charge is 0.328 e. The number of benzene rings is 1. The Kier molecular flexibility index (Phi) is 4.60. The van der Waals surface area contributed by atoms with Crippen LogP contribution in [0.15, 0.2) is 24.3 Å². The third kappa shape index (κ3) is 3.54. The summed E-state index contributed by atoms with van der Waals surface area (Å²) >= 11 is 6.08. The molecule has 2 nitrogen and oxygen atoms in total. The summed E-state index contributed by atoms with van der Waals surface area (Å²) in [5.41, 5.74) is 6.90. The highest BCUT2D eigenvalue weighted by Gasteiger charge is 2.24. The van der Waals surface area contributed by atoms with E-state index in [4.69, 9.17) is 17.3 Å². The van der Waals surface area contributed by atoms with E-state index in [2.05, 4.69) is 0 Å². The minimum Gasteiger partial charge on any atom is -0.328 e. The second-order valence-corrected chi connectivity index (χ2v) is 6.79. The molecule has 1 aliphatic rings. The van der Waals surface area contributed by atoms with Gasteiger partial charge in [0, 0.05) is 27.1 Å². The fourth-order valence-electron chi connectivity index (χ4n) is 2.31. The predicted molar refractivity (Wildman–Crippen MR) is 73.5 cm³/mol. The van der Waals surface area contributed by atoms with E-state index in [1.54, 1.807) is 0 Å². The van der Waals surface area contributed by atoms with Gasteiger partial charge in [0.2, 0.25) is 0 Å². The summed E-state index contributed by atoms with van der Waals surface area (Å²) < 4.78 is 12.3. The van der Waals surface area contributed by atoms with Gasteiger partial charge in [-0.15, -0.1) is 0 Å². The van der Waals surface area contributed by atoms with E-state index >= 15 is 0 Å². The quantitative estimate of drug-likeness (QED) is 0.919. The fourth-order valence-corrected chi connectivity index (χ4v) is 4.27. The van der Waals surface area contributed by atoms with E-state index in [1.807, 2.05) is 24.3 Å². The molecule has 1 aromatic carbocycles. The van der Waals surface area contributed by atoms with E-state index in [0.29, 0.717) is 10.8 Å². The highest BCUT2D eigenvalue weighted by molar-refractivity contribution is 7.84. The minimum absolute atomic E-state index is 0.226. The maximum absolute atomic E-state index is 12.3. The van der Waals surface area contributed by atoms with Crippen LogP contribution in [-0.4, -0.2) is 15.5 Å². The Morgan fingerprint density at radius 2 is 2.12 bits per heavy atom. The molecule has 1 aromatic rings. The molecule has 2 rings (SSSR count). The highest BCUT2D eigenvalue weighted by Crippen LogP contribution is 2.25. The van der Waals surface area contributed by atoms with Crippen molar-refractivity contribution in [3.05, 3.63) is 34.9 Å². The van der Waals surface area contributed by atoms with E-state index in [1.165, 1.54) is 0 Å². The van der Waals surface area contributed by atoms with Crippen LogP contribution in [0.5, 0.6) is 0 Å². The van der Waals surface area contributed by atoms with E-state index in [9.17, 15) is 4.21 Å². The lowest BCUT2D eigenvalue weighted by Gasteiger charge is -2.26. The first-order chi connectivity index (χ1) is 8.16. The van der Waals surface area contributed by atoms with Crippen molar-refractivity contribution in [3.8, 4) is 0 Å². The van der Waals surface area contributed by atoms with Crippen molar-refractivity contribution in [1.29, 1.82) is 0 Å². The zero-order valence-electron chi connectivity index (χ0n) is 9.77. The van der Waals surface area contributed by atoms with Crippen LogP contribution >= 0.6 is 11.6 Å². The molecule has 0 heterocycles. The molecule has 94 valence electrons. The van der Waals surface area contributed by atoms with Crippen LogP contribution in [0.25, 0.3) is 0 Å². The molecule has 0 spiro atoms. The third-order valence-electron chi connectivity index (χ3n) is 3.29. The number of hydrogen-bond acceptors (Lipinski definition) is 2. The Labute approximate surface area is 110 Å². The van der Waals surface area contributed by atoms with E-state index < -0.39 is 10.8 Å². The van der Waals surface area contributed by atoms with Crippen molar-refractivity contribution in [2.24, 2.45) is 5.73 Å². The summed E-state index contributed by atoms with van der Waals surface area (Å²) in [5.74, 6) is 0.553. The highest BCUT2D eigenvalue weighted by atomic mass is 35.5. The summed E-state index contributed by atoms with van der Waals surface area (Å²) in [4.78, 5) is 0. The summed E-state index contributed by atoms with van der Waals surface area (Å²) in [6.07, 6.45) is 4.09. The molecule has 3 unspecified atom stereocenters. The summed E-state index contributed by atoms with van der Waals surface area (Å²) in [7, 11) is -0.853. The first kappa shape index (κ1) is 13.1. The van der Waals surface area contributed by atoms with Crippen LogP contribution in [0.4, 0.5) is 0 Å². The normalized spacial score (nSPS) is 26.7. The van der Waals surface area contributed by atoms with Gasteiger partial charge in [0.25, 0.3) is 0 Å². The zero-order chi connectivity index (χ0) is 12.3. The number of rotatable bonds is 3. The molecule has 4 heteroatoms. The first-order valence-corrected chi connectivity index (χ1v) is 7.79. The van der Waals surface area contributed by atoms with Crippen LogP contribution in [-0.2, 0) is 16.6 Å². The van der Waals surface area contributed by atoms with Gasteiger partial charge >= 0.3 is 0 Å². The summed E-state index contributed by atoms with van der Waals surface area (Å²) in [5, 5.41) is 0.955. The number of halogens is 1. The number of hydrogen-bond donors (Lipinski definition) is 1. The SMILES string of the molecule is NC1CCCC(S(=O)Cc2ccccc2Cl)C1. The average molecular weight is 272 g/mol. The lowest BCUT2D eigenvalue weighted by Crippen LogP contribution is -2.33. The molecular weight excluding hydrogens is 254 g/mol. The second kappa shape index (κ2) is 5.98. The molecule has 0 aliphatic heterocycles. The van der Waals surface area contributed by atoms with Crippen molar-refractivity contribution in [3.63, 3.8) is 0 Å². The predicted octanol–water partition coefficient (Wildman–Crippen LogP) is 2.86. The van der Waals surface area contributed by atoms with Crippen LogP contribution < -0.4 is 5.73 Å². The lowest BCUT2D eigenvalue weighted by molar-refractivity contribution is 0.444. The van der Waals surface area contributed by atoms with Gasteiger partial charge in [0.15, 0.2) is 0 Å². The molecule has 0 amide bonds. The van der Waals surface area contributed by atoms with Crippen LogP contribution in [0.3, 0.4) is 0 Å². The van der Waals surface area contributed by atoms with E-state index in [0.717, 1.165) is 31.2 Å². The van der Waals surface area contributed by atoms with Crippen molar-refractivity contribution in [2.45, 2.75) is 42.7 Å². The lowest BCUT2D eigenvalue weighted by atomic mass is 9.96. The molecule has 0 aromatic heterocycles. The monoisotopic (exact) mass is 271 g/mol. The van der Waals surface area contributed by atoms with E-state index in [-0.39, 0.29) is 11.3 Å². The maximum Gasteiger partial charge on any atom is 0.0503 e. The fraction of sp³-hybridized carbons (Fsp3) is 0.538. The van der Waals surface area contributed by atoms with Gasteiger partial charge in [0.1, 0.15) is 0 Å². The third-order valence-corrected chi connectivity index (χ3v) is 5.43. The van der Waals surface area contributed by atoms with Crippen LogP contribution in [0.2, 0.25) is 5.02 Å². The molecule has 0 saturated heterocycles. The standard InChI is InChI=1S/C13H18ClNOS/c14-13-7-2-1-4-10(13)9-17(16)12-6-3-5-11(15)8-12/h1-2,4,7,11-12H,3,5-6,8-9,15H2. The first-order valence-electron chi connectivity index (χ1n) is 6.03. The van der Waals surface area contributed by atoms with Gasteiger partial charge in [0.05, 0.1) is 5.75 Å². The maximum atomic E-state index is 12.3. The topological polar surface area (TPSA) is 43.1 Å².